The lowest BCUT2D eigenvalue weighted by Crippen LogP contribution is -2.59. The molecule has 252 valence electrons. The summed E-state index contributed by atoms with van der Waals surface area (Å²) in [6, 6.07) is 31.6. The molecule has 0 atom stereocenters. The van der Waals surface area contributed by atoms with Crippen LogP contribution in [0, 0.1) is 0 Å². The van der Waals surface area contributed by atoms with Crippen LogP contribution in [-0.4, -0.2) is 25.8 Å². The average Bonchev–Trinajstić information content (AvgIpc) is 3.69. The third-order valence-electron chi connectivity index (χ3n) is 10.6. The molecule has 48 heavy (non-hydrogen) atoms. The molecule has 0 saturated heterocycles. The fourth-order valence-corrected chi connectivity index (χ4v) is 8.60. The van der Waals surface area contributed by atoms with Crippen LogP contribution in [0.3, 0.4) is 0 Å². The van der Waals surface area contributed by atoms with Crippen molar-refractivity contribution in [2.45, 2.75) is 103 Å². The van der Waals surface area contributed by atoms with E-state index in [4.69, 9.17) is 14.2 Å². The zero-order valence-corrected chi connectivity index (χ0v) is 29.7. The van der Waals surface area contributed by atoms with Gasteiger partial charge in [-0.05, 0) is 115 Å². The Bertz CT molecular complexity index is 1580. The van der Waals surface area contributed by atoms with Crippen molar-refractivity contribution in [3.8, 4) is 22.3 Å². The first-order valence-corrected chi connectivity index (χ1v) is 18.6. The van der Waals surface area contributed by atoms with Crippen LogP contribution in [0.5, 0.6) is 0 Å². The average molecular weight is 643 g/mol. The van der Waals surface area contributed by atoms with Crippen molar-refractivity contribution in [2.24, 2.45) is 0 Å². The third-order valence-corrected chi connectivity index (χ3v) is 10.6. The van der Waals surface area contributed by atoms with Crippen molar-refractivity contribution in [3.05, 3.63) is 130 Å². The van der Waals surface area contributed by atoms with Crippen molar-refractivity contribution in [3.63, 3.8) is 0 Å². The third kappa shape index (κ3) is 6.33. The molecule has 3 heteroatoms. The van der Waals surface area contributed by atoms with Gasteiger partial charge in [0.2, 0.25) is 0 Å². The molecule has 0 aliphatic heterocycles. The number of hydrogen-bond acceptors (Lipinski definition) is 3. The van der Waals surface area contributed by atoms with Crippen LogP contribution in [-0.2, 0) is 32.5 Å². The van der Waals surface area contributed by atoms with E-state index >= 15 is 0 Å². The van der Waals surface area contributed by atoms with Crippen LogP contribution in [0.4, 0.5) is 0 Å². The van der Waals surface area contributed by atoms with E-state index in [0.29, 0.717) is 19.8 Å². The summed E-state index contributed by atoms with van der Waals surface area (Å²) < 4.78 is 20.8. The SMILES string of the molecule is CC=CCCCCCCCCC(c1cccc2c1Cc1ccccc1-2)(c1cccc2c1Cc1ccccc1-2)C(OCC)(OCC)OCC. The Morgan fingerprint density at radius 1 is 0.542 bits per heavy atom. The summed E-state index contributed by atoms with van der Waals surface area (Å²) in [5.41, 5.74) is 12.7. The minimum atomic E-state index is -1.30. The van der Waals surface area contributed by atoms with Crippen molar-refractivity contribution in [2.75, 3.05) is 19.8 Å². The second-order valence-electron chi connectivity index (χ2n) is 13.3. The van der Waals surface area contributed by atoms with Gasteiger partial charge >= 0.3 is 0 Å². The van der Waals surface area contributed by atoms with E-state index in [-0.39, 0.29) is 0 Å². The Morgan fingerprint density at radius 2 is 1.00 bits per heavy atom. The minimum Gasteiger partial charge on any atom is -0.327 e. The second-order valence-corrected chi connectivity index (χ2v) is 13.3. The maximum Gasteiger partial charge on any atom is 0.297 e. The highest BCUT2D eigenvalue weighted by atomic mass is 16.9. The molecule has 2 aliphatic rings. The molecule has 0 heterocycles. The summed E-state index contributed by atoms with van der Waals surface area (Å²) in [6.45, 7) is 9.78. The lowest BCUT2D eigenvalue weighted by Gasteiger charge is -2.50. The van der Waals surface area contributed by atoms with Crippen molar-refractivity contribution in [1.82, 2.24) is 0 Å². The Kier molecular flexibility index (Phi) is 11.3. The van der Waals surface area contributed by atoms with Gasteiger partial charge in [0.05, 0.1) is 0 Å². The largest absolute Gasteiger partial charge is 0.327 e. The molecule has 0 amide bonds. The van der Waals surface area contributed by atoms with Crippen LogP contribution < -0.4 is 0 Å². The summed E-state index contributed by atoms with van der Waals surface area (Å²) >= 11 is 0. The summed E-state index contributed by atoms with van der Waals surface area (Å²) in [7, 11) is 0. The first-order chi connectivity index (χ1) is 23.6. The summed E-state index contributed by atoms with van der Waals surface area (Å²) in [4.78, 5) is 0. The zero-order valence-electron chi connectivity index (χ0n) is 29.7. The van der Waals surface area contributed by atoms with Gasteiger partial charge in [0.25, 0.3) is 5.97 Å². The van der Waals surface area contributed by atoms with Crippen molar-refractivity contribution >= 4 is 0 Å². The minimum absolute atomic E-state index is 0.485. The summed E-state index contributed by atoms with van der Waals surface area (Å²) in [5, 5.41) is 0. The Hall–Kier alpha value is -3.50. The smallest absolute Gasteiger partial charge is 0.297 e. The maximum absolute atomic E-state index is 6.94. The molecule has 0 saturated carbocycles. The molecule has 0 fully saturated rings. The van der Waals surface area contributed by atoms with E-state index in [1.54, 1.807) is 0 Å². The number of allylic oxidation sites excluding steroid dienone is 2. The topological polar surface area (TPSA) is 27.7 Å². The molecule has 2 aliphatic carbocycles. The van der Waals surface area contributed by atoms with E-state index in [0.717, 1.165) is 32.1 Å². The monoisotopic (exact) mass is 642 g/mol. The number of unbranched alkanes of at least 4 members (excludes halogenated alkanes) is 6. The van der Waals surface area contributed by atoms with Crippen LogP contribution in [0.25, 0.3) is 22.3 Å². The number of rotatable bonds is 18. The molecule has 0 spiro atoms. The lowest BCUT2D eigenvalue weighted by molar-refractivity contribution is -0.405. The van der Waals surface area contributed by atoms with Gasteiger partial charge in [-0.1, -0.05) is 129 Å². The molecule has 0 aromatic heterocycles. The van der Waals surface area contributed by atoms with Gasteiger partial charge in [-0.2, -0.15) is 0 Å². The van der Waals surface area contributed by atoms with E-state index < -0.39 is 11.4 Å². The molecule has 3 nitrogen and oxygen atoms in total. The number of fused-ring (bicyclic) bond motifs is 6. The predicted molar refractivity (Wildman–Crippen MR) is 200 cm³/mol. The molecule has 6 rings (SSSR count). The summed E-state index contributed by atoms with van der Waals surface area (Å²) in [5.74, 6) is -1.30. The van der Waals surface area contributed by atoms with Gasteiger partial charge in [0.15, 0.2) is 0 Å². The predicted octanol–water partition coefficient (Wildman–Crippen LogP) is 11.6. The van der Waals surface area contributed by atoms with E-state index in [2.05, 4.69) is 125 Å². The standard InChI is InChI=1S/C45H54O3/c1-5-9-10-11-12-13-14-15-20-31-44(45(46-6-2,47-7-3)48-8-4,42-29-21-27-38-36-25-18-16-23-34(36)32-40(38)42)43-30-22-28-39-37-26-19-17-24-35(37)33-41(39)43/h5,9,16-19,21-30H,6-8,10-15,20,31-33H2,1-4H3. The summed E-state index contributed by atoms with van der Waals surface area (Å²) in [6.07, 6.45) is 15.6. The highest BCUT2D eigenvalue weighted by Gasteiger charge is 2.59. The molecule has 0 unspecified atom stereocenters. The molecule has 0 radical (unpaired) electrons. The van der Waals surface area contributed by atoms with Crippen molar-refractivity contribution in [1.29, 1.82) is 0 Å². The van der Waals surface area contributed by atoms with Crippen molar-refractivity contribution < 1.29 is 14.2 Å². The molecule has 4 aromatic rings. The van der Waals surface area contributed by atoms with Gasteiger partial charge in [-0.3, -0.25) is 0 Å². The van der Waals surface area contributed by atoms with Gasteiger partial charge in [-0.25, -0.2) is 0 Å². The molecule has 0 N–H and O–H groups in total. The maximum atomic E-state index is 6.94. The number of benzene rings is 4. The van der Waals surface area contributed by atoms with Gasteiger partial charge in [-0.15, -0.1) is 0 Å². The first-order valence-electron chi connectivity index (χ1n) is 18.6. The first kappa shape index (κ1) is 34.4. The van der Waals surface area contributed by atoms with E-state index in [9.17, 15) is 0 Å². The highest BCUT2D eigenvalue weighted by molar-refractivity contribution is 5.81. The van der Waals surface area contributed by atoms with Crippen LogP contribution >= 0.6 is 0 Å². The van der Waals surface area contributed by atoms with E-state index in [1.165, 1.54) is 87.7 Å². The molecule has 4 aromatic carbocycles. The number of ether oxygens (including phenoxy) is 3. The normalized spacial score (nSPS) is 13.5. The fourth-order valence-electron chi connectivity index (χ4n) is 8.60. The van der Waals surface area contributed by atoms with E-state index in [1.807, 2.05) is 0 Å². The molecular weight excluding hydrogens is 588 g/mol. The lowest BCUT2D eigenvalue weighted by atomic mass is 9.65. The molecule has 0 bridgehead atoms. The number of hydrogen-bond donors (Lipinski definition) is 0. The second kappa shape index (κ2) is 15.8. The van der Waals surface area contributed by atoms with Crippen LogP contribution in [0.1, 0.15) is 112 Å². The van der Waals surface area contributed by atoms with Crippen LogP contribution in [0.2, 0.25) is 0 Å². The van der Waals surface area contributed by atoms with Gasteiger partial charge in [0.1, 0.15) is 5.41 Å². The van der Waals surface area contributed by atoms with Gasteiger partial charge in [0, 0.05) is 19.8 Å². The fraction of sp³-hybridized carbons (Fsp3) is 0.422. The Balaban J connectivity index is 1.54. The van der Waals surface area contributed by atoms with Gasteiger partial charge < -0.3 is 14.2 Å². The quantitative estimate of drug-likeness (QED) is 0.0530. The van der Waals surface area contributed by atoms with Crippen LogP contribution in [0.15, 0.2) is 97.1 Å². The Labute approximate surface area is 289 Å². The zero-order chi connectivity index (χ0) is 33.4. The highest BCUT2D eigenvalue weighted by Crippen LogP contribution is 2.56. The Morgan fingerprint density at radius 3 is 1.50 bits per heavy atom. The molecular formula is C45H54O3.